The van der Waals surface area contributed by atoms with Crippen LogP contribution >= 0.6 is 0 Å². The van der Waals surface area contributed by atoms with Crippen LogP contribution in [0.3, 0.4) is 0 Å². The average molecular weight is 194 g/mol. The predicted octanol–water partition coefficient (Wildman–Crippen LogP) is 2.09. The van der Waals surface area contributed by atoms with E-state index in [0.717, 1.165) is 12.8 Å². The Bertz CT molecular complexity index is 204. The molecule has 1 N–H and O–H groups in total. The third-order valence-corrected chi connectivity index (χ3v) is 3.84. The lowest BCUT2D eigenvalue weighted by atomic mass is 9.97. The van der Waals surface area contributed by atoms with E-state index in [0.29, 0.717) is 6.42 Å². The van der Waals surface area contributed by atoms with E-state index in [-0.39, 0.29) is 5.92 Å². The predicted molar refractivity (Wildman–Crippen MR) is 49.7 cm³/mol. The minimum Gasteiger partial charge on any atom is -0.285 e. The van der Waals surface area contributed by atoms with Gasteiger partial charge in [0.1, 0.15) is 0 Å². The van der Waals surface area contributed by atoms with Crippen molar-refractivity contribution in [1.82, 2.24) is 0 Å². The van der Waals surface area contributed by atoms with E-state index in [4.69, 9.17) is 4.55 Å². The summed E-state index contributed by atoms with van der Waals surface area (Å²) in [5.74, 6) is 0.0880. The molecule has 0 spiro atoms. The Kier molecular flexibility index (Phi) is 4.78. The SMILES string of the molecule is CCC(CC)C(CC)S(=O)(=O)O. The number of rotatable bonds is 5. The van der Waals surface area contributed by atoms with Gasteiger partial charge in [0.15, 0.2) is 0 Å². The first kappa shape index (κ1) is 11.9. The maximum atomic E-state index is 10.9. The third kappa shape index (κ3) is 3.11. The maximum Gasteiger partial charge on any atom is 0.268 e. The average Bonchev–Trinajstić information content (AvgIpc) is 1.97. The molecule has 74 valence electrons. The number of hydrogen-bond donors (Lipinski definition) is 1. The van der Waals surface area contributed by atoms with Crippen LogP contribution < -0.4 is 0 Å². The fourth-order valence-corrected chi connectivity index (χ4v) is 2.89. The standard InChI is InChI=1S/C8H18O3S/c1-4-7(5-2)8(6-3)12(9,10)11/h7-8H,4-6H2,1-3H3,(H,9,10,11). The summed E-state index contributed by atoms with van der Waals surface area (Å²) in [6.45, 7) is 5.68. The van der Waals surface area contributed by atoms with E-state index in [9.17, 15) is 8.42 Å². The Morgan fingerprint density at radius 2 is 1.50 bits per heavy atom. The molecule has 12 heavy (non-hydrogen) atoms. The molecule has 0 aromatic heterocycles. The molecule has 0 saturated heterocycles. The fourth-order valence-electron chi connectivity index (χ4n) is 1.60. The fraction of sp³-hybridized carbons (Fsp3) is 1.00. The van der Waals surface area contributed by atoms with E-state index in [1.165, 1.54) is 0 Å². The maximum absolute atomic E-state index is 10.9. The quantitative estimate of drug-likeness (QED) is 0.682. The summed E-state index contributed by atoms with van der Waals surface area (Å²) in [6, 6.07) is 0. The highest BCUT2D eigenvalue weighted by Gasteiger charge is 2.27. The van der Waals surface area contributed by atoms with Crippen LogP contribution in [0.4, 0.5) is 0 Å². The lowest BCUT2D eigenvalue weighted by molar-refractivity contribution is 0.397. The molecular formula is C8H18O3S. The molecule has 0 aliphatic rings. The Hall–Kier alpha value is -0.0900. The zero-order chi connectivity index (χ0) is 9.78. The van der Waals surface area contributed by atoms with Crippen molar-refractivity contribution in [3.63, 3.8) is 0 Å². The molecule has 0 aliphatic carbocycles. The van der Waals surface area contributed by atoms with Gasteiger partial charge >= 0.3 is 0 Å². The summed E-state index contributed by atoms with van der Waals surface area (Å²) >= 11 is 0. The largest absolute Gasteiger partial charge is 0.285 e. The van der Waals surface area contributed by atoms with Gasteiger partial charge in [-0.05, 0) is 12.3 Å². The van der Waals surface area contributed by atoms with Crippen LogP contribution in [0.5, 0.6) is 0 Å². The molecule has 3 nitrogen and oxygen atoms in total. The van der Waals surface area contributed by atoms with Gasteiger partial charge in [0, 0.05) is 0 Å². The van der Waals surface area contributed by atoms with Crippen LogP contribution in [0.2, 0.25) is 0 Å². The first-order valence-corrected chi connectivity index (χ1v) is 5.93. The van der Waals surface area contributed by atoms with Crippen LogP contribution in [0.25, 0.3) is 0 Å². The van der Waals surface area contributed by atoms with Crippen LogP contribution in [-0.2, 0) is 10.1 Å². The third-order valence-electron chi connectivity index (χ3n) is 2.36. The lowest BCUT2D eigenvalue weighted by Gasteiger charge is -2.20. The van der Waals surface area contributed by atoms with E-state index < -0.39 is 15.4 Å². The molecule has 0 bridgehead atoms. The van der Waals surface area contributed by atoms with Crippen molar-refractivity contribution in [2.24, 2.45) is 5.92 Å². The second kappa shape index (κ2) is 4.82. The minimum absolute atomic E-state index is 0.0880. The topological polar surface area (TPSA) is 54.4 Å². The highest BCUT2D eigenvalue weighted by atomic mass is 32.2. The first-order chi connectivity index (χ1) is 5.47. The number of hydrogen-bond acceptors (Lipinski definition) is 2. The van der Waals surface area contributed by atoms with Crippen molar-refractivity contribution in [2.45, 2.75) is 45.3 Å². The molecule has 0 fully saturated rings. The minimum atomic E-state index is -3.84. The molecule has 0 amide bonds. The Morgan fingerprint density at radius 1 is 1.08 bits per heavy atom. The summed E-state index contributed by atoms with van der Waals surface area (Å²) in [5, 5.41) is -0.576. The molecule has 1 unspecified atom stereocenters. The van der Waals surface area contributed by atoms with Gasteiger partial charge in [-0.25, -0.2) is 0 Å². The summed E-state index contributed by atoms with van der Waals surface area (Å²) in [6.07, 6.45) is 2.09. The van der Waals surface area contributed by atoms with Gasteiger partial charge < -0.3 is 0 Å². The molecule has 0 aromatic rings. The highest BCUT2D eigenvalue weighted by molar-refractivity contribution is 7.86. The van der Waals surface area contributed by atoms with Crippen LogP contribution in [0.15, 0.2) is 0 Å². The van der Waals surface area contributed by atoms with Gasteiger partial charge in [-0.1, -0.05) is 33.6 Å². The van der Waals surface area contributed by atoms with E-state index in [2.05, 4.69) is 0 Å². The van der Waals surface area contributed by atoms with Gasteiger partial charge in [0.25, 0.3) is 10.1 Å². The van der Waals surface area contributed by atoms with Gasteiger partial charge in [-0.2, -0.15) is 8.42 Å². The Morgan fingerprint density at radius 3 is 1.58 bits per heavy atom. The van der Waals surface area contributed by atoms with Crippen LogP contribution in [0, 0.1) is 5.92 Å². The van der Waals surface area contributed by atoms with Crippen molar-refractivity contribution >= 4 is 10.1 Å². The molecular weight excluding hydrogens is 176 g/mol. The van der Waals surface area contributed by atoms with E-state index in [1.807, 2.05) is 13.8 Å². The second-order valence-corrected chi connectivity index (χ2v) is 4.67. The van der Waals surface area contributed by atoms with E-state index in [1.54, 1.807) is 6.92 Å². The molecule has 0 heterocycles. The molecule has 0 aliphatic heterocycles. The molecule has 4 heteroatoms. The summed E-state index contributed by atoms with van der Waals surface area (Å²) < 4.78 is 30.6. The first-order valence-electron chi connectivity index (χ1n) is 4.43. The lowest BCUT2D eigenvalue weighted by Crippen LogP contribution is -2.28. The van der Waals surface area contributed by atoms with Crippen molar-refractivity contribution in [2.75, 3.05) is 0 Å². The summed E-state index contributed by atoms with van der Waals surface area (Å²) in [4.78, 5) is 0. The van der Waals surface area contributed by atoms with Gasteiger partial charge in [0.2, 0.25) is 0 Å². The van der Waals surface area contributed by atoms with E-state index >= 15 is 0 Å². The molecule has 0 rings (SSSR count). The Balaban J connectivity index is 4.54. The molecule has 0 aromatic carbocycles. The zero-order valence-electron chi connectivity index (χ0n) is 7.95. The molecule has 0 radical (unpaired) electrons. The van der Waals surface area contributed by atoms with Crippen molar-refractivity contribution in [3.8, 4) is 0 Å². The van der Waals surface area contributed by atoms with Gasteiger partial charge in [-0.15, -0.1) is 0 Å². The second-order valence-electron chi connectivity index (χ2n) is 3.04. The van der Waals surface area contributed by atoms with Crippen molar-refractivity contribution in [1.29, 1.82) is 0 Å². The van der Waals surface area contributed by atoms with Gasteiger partial charge in [-0.3, -0.25) is 4.55 Å². The smallest absolute Gasteiger partial charge is 0.268 e. The van der Waals surface area contributed by atoms with Gasteiger partial charge in [0.05, 0.1) is 5.25 Å². The molecule has 1 atom stereocenters. The van der Waals surface area contributed by atoms with Crippen LogP contribution in [-0.4, -0.2) is 18.2 Å². The molecule has 0 saturated carbocycles. The summed E-state index contributed by atoms with van der Waals surface area (Å²) in [7, 11) is -3.84. The van der Waals surface area contributed by atoms with Crippen molar-refractivity contribution < 1.29 is 13.0 Å². The zero-order valence-corrected chi connectivity index (χ0v) is 8.76. The Labute approximate surface area is 74.9 Å². The highest BCUT2D eigenvalue weighted by Crippen LogP contribution is 2.21. The van der Waals surface area contributed by atoms with Crippen LogP contribution in [0.1, 0.15) is 40.0 Å². The summed E-state index contributed by atoms with van der Waals surface area (Å²) in [5.41, 5.74) is 0. The van der Waals surface area contributed by atoms with Crippen molar-refractivity contribution in [3.05, 3.63) is 0 Å². The monoisotopic (exact) mass is 194 g/mol. The normalized spacial score (nSPS) is 15.1.